The topological polar surface area (TPSA) is 113 Å². The molecule has 1 aromatic carbocycles. The van der Waals surface area contributed by atoms with Crippen LogP contribution in [0.4, 0.5) is 0 Å². The van der Waals surface area contributed by atoms with Crippen LogP contribution in [-0.4, -0.2) is 58.5 Å². The summed E-state index contributed by atoms with van der Waals surface area (Å²) in [5.41, 5.74) is -1.03. The summed E-state index contributed by atoms with van der Waals surface area (Å²) in [5.74, 6) is -2.97. The second-order valence-electron chi connectivity index (χ2n) is 7.87. The fourth-order valence-corrected chi connectivity index (χ4v) is 4.01. The number of hydrogen-bond acceptors (Lipinski definition) is 5. The second-order valence-corrected chi connectivity index (χ2v) is 7.87. The third kappa shape index (κ3) is 2.79. The number of amides is 3. The molecule has 28 heavy (non-hydrogen) atoms. The van der Waals surface area contributed by atoms with Crippen molar-refractivity contribution in [2.75, 3.05) is 13.2 Å². The molecule has 2 aliphatic rings. The first-order chi connectivity index (χ1) is 13.0. The van der Waals surface area contributed by atoms with Crippen LogP contribution < -0.4 is 5.32 Å². The molecule has 0 spiro atoms. The Kier molecular flexibility index (Phi) is 4.79. The van der Waals surface area contributed by atoms with Gasteiger partial charge in [0.25, 0.3) is 11.8 Å². The largest absolute Gasteiger partial charge is 0.479 e. The number of carboxylic acids is 1. The highest BCUT2D eigenvalue weighted by molar-refractivity contribution is 6.22. The van der Waals surface area contributed by atoms with Crippen molar-refractivity contribution < 1.29 is 29.0 Å². The SMILES string of the molecule is CCOC1CC(NC(=O)CN2C(=O)c3ccc(C)cc3C2=O)(C(=O)O)C1(C)C. The first kappa shape index (κ1) is 20.0. The summed E-state index contributed by atoms with van der Waals surface area (Å²) in [7, 11) is 0. The number of carbonyl (C=O) groups is 4. The van der Waals surface area contributed by atoms with Crippen molar-refractivity contribution in [2.45, 2.75) is 45.8 Å². The summed E-state index contributed by atoms with van der Waals surface area (Å²) < 4.78 is 5.57. The van der Waals surface area contributed by atoms with Gasteiger partial charge in [-0.3, -0.25) is 19.3 Å². The number of rotatable bonds is 6. The summed E-state index contributed by atoms with van der Waals surface area (Å²) in [5, 5.41) is 12.3. The number of benzene rings is 1. The van der Waals surface area contributed by atoms with Gasteiger partial charge in [-0.05, 0) is 26.0 Å². The minimum absolute atomic E-state index is 0.121. The van der Waals surface area contributed by atoms with Crippen LogP contribution in [0.1, 0.15) is 53.5 Å². The Morgan fingerprint density at radius 3 is 2.46 bits per heavy atom. The van der Waals surface area contributed by atoms with Crippen LogP contribution in [0, 0.1) is 12.3 Å². The summed E-state index contributed by atoms with van der Waals surface area (Å²) in [6, 6.07) is 4.88. The van der Waals surface area contributed by atoms with E-state index in [1.807, 2.05) is 6.92 Å². The summed E-state index contributed by atoms with van der Waals surface area (Å²) in [6.45, 7) is 6.96. The highest BCUT2D eigenvalue weighted by atomic mass is 16.5. The van der Waals surface area contributed by atoms with Crippen LogP contribution in [0.15, 0.2) is 18.2 Å². The number of aryl methyl sites for hydroxylation is 1. The molecule has 1 aromatic rings. The zero-order chi connectivity index (χ0) is 20.9. The number of aliphatic carboxylic acids is 1. The highest BCUT2D eigenvalue weighted by Gasteiger charge is 2.66. The number of hydrogen-bond donors (Lipinski definition) is 2. The van der Waals surface area contributed by atoms with Crippen LogP contribution >= 0.6 is 0 Å². The third-order valence-corrected chi connectivity index (χ3v) is 5.91. The summed E-state index contributed by atoms with van der Waals surface area (Å²) in [6.07, 6.45) is -0.188. The van der Waals surface area contributed by atoms with Crippen LogP contribution in [-0.2, 0) is 14.3 Å². The first-order valence-electron chi connectivity index (χ1n) is 9.18. The molecule has 8 nitrogen and oxygen atoms in total. The molecule has 3 rings (SSSR count). The zero-order valence-corrected chi connectivity index (χ0v) is 16.4. The molecule has 3 amide bonds. The molecule has 0 saturated heterocycles. The smallest absolute Gasteiger partial charge is 0.330 e. The average Bonchev–Trinajstić information content (AvgIpc) is 2.84. The van der Waals surface area contributed by atoms with E-state index in [4.69, 9.17) is 4.74 Å². The van der Waals surface area contributed by atoms with Gasteiger partial charge in [-0.2, -0.15) is 0 Å². The van der Waals surface area contributed by atoms with E-state index in [1.165, 1.54) is 0 Å². The van der Waals surface area contributed by atoms with Gasteiger partial charge in [0.15, 0.2) is 0 Å². The van der Waals surface area contributed by atoms with E-state index in [9.17, 15) is 24.3 Å². The summed E-state index contributed by atoms with van der Waals surface area (Å²) in [4.78, 5) is 50.4. The summed E-state index contributed by atoms with van der Waals surface area (Å²) >= 11 is 0. The standard InChI is InChI=1S/C20H24N2O6/c1-5-28-14-9-20(18(26)27,19(14,3)4)21-15(23)10-22-16(24)12-7-6-11(2)8-13(12)17(22)25/h6-8,14H,5,9-10H2,1-4H3,(H,21,23)(H,26,27). The van der Waals surface area contributed by atoms with Crippen molar-refractivity contribution in [1.29, 1.82) is 0 Å². The van der Waals surface area contributed by atoms with Crippen molar-refractivity contribution in [1.82, 2.24) is 10.2 Å². The van der Waals surface area contributed by atoms with Gasteiger partial charge in [0, 0.05) is 18.4 Å². The molecule has 150 valence electrons. The van der Waals surface area contributed by atoms with Gasteiger partial charge >= 0.3 is 5.97 Å². The van der Waals surface area contributed by atoms with Crippen LogP contribution in [0.2, 0.25) is 0 Å². The van der Waals surface area contributed by atoms with Crippen LogP contribution in [0.25, 0.3) is 0 Å². The van der Waals surface area contributed by atoms with Gasteiger partial charge in [-0.1, -0.05) is 25.5 Å². The number of nitrogens with zero attached hydrogens (tertiary/aromatic N) is 1. The lowest BCUT2D eigenvalue weighted by Crippen LogP contribution is -2.76. The van der Waals surface area contributed by atoms with Gasteiger partial charge in [0.2, 0.25) is 5.91 Å². The number of fused-ring (bicyclic) bond motifs is 1. The lowest BCUT2D eigenvalue weighted by molar-refractivity contribution is -0.194. The predicted octanol–water partition coefficient (Wildman–Crippen LogP) is 1.37. The normalized spacial score (nSPS) is 25.3. The quantitative estimate of drug-likeness (QED) is 0.712. The highest BCUT2D eigenvalue weighted by Crippen LogP contribution is 2.51. The predicted molar refractivity (Wildman–Crippen MR) is 98.9 cm³/mol. The molecule has 0 radical (unpaired) electrons. The molecule has 0 bridgehead atoms. The molecule has 1 fully saturated rings. The maximum atomic E-state index is 12.6. The third-order valence-electron chi connectivity index (χ3n) is 5.91. The molecule has 2 unspecified atom stereocenters. The van der Waals surface area contributed by atoms with Crippen LogP contribution in [0.5, 0.6) is 0 Å². The Hall–Kier alpha value is -2.74. The fourth-order valence-electron chi connectivity index (χ4n) is 4.01. The van der Waals surface area contributed by atoms with Crippen molar-refractivity contribution in [2.24, 2.45) is 5.41 Å². The van der Waals surface area contributed by atoms with E-state index < -0.39 is 41.2 Å². The number of imide groups is 1. The van der Waals surface area contributed by atoms with Gasteiger partial charge in [-0.25, -0.2) is 4.79 Å². The van der Waals surface area contributed by atoms with E-state index in [1.54, 1.807) is 39.0 Å². The number of carbonyl (C=O) groups excluding carboxylic acids is 3. The molecule has 1 heterocycles. The molecule has 2 N–H and O–H groups in total. The van der Waals surface area contributed by atoms with E-state index in [2.05, 4.69) is 5.32 Å². The van der Waals surface area contributed by atoms with Crippen molar-refractivity contribution in [3.63, 3.8) is 0 Å². The Morgan fingerprint density at radius 2 is 1.89 bits per heavy atom. The molecule has 2 atom stereocenters. The van der Waals surface area contributed by atoms with Crippen molar-refractivity contribution in [3.05, 3.63) is 34.9 Å². The van der Waals surface area contributed by atoms with Crippen molar-refractivity contribution >= 4 is 23.7 Å². The number of nitrogens with one attached hydrogen (secondary N) is 1. The number of ether oxygens (including phenoxy) is 1. The maximum Gasteiger partial charge on any atom is 0.330 e. The van der Waals surface area contributed by atoms with Gasteiger partial charge < -0.3 is 15.2 Å². The van der Waals surface area contributed by atoms with E-state index in [-0.39, 0.29) is 23.7 Å². The van der Waals surface area contributed by atoms with Crippen molar-refractivity contribution in [3.8, 4) is 0 Å². The Labute approximate surface area is 162 Å². The van der Waals surface area contributed by atoms with E-state index in [0.29, 0.717) is 6.61 Å². The van der Waals surface area contributed by atoms with Gasteiger partial charge in [0.05, 0.1) is 17.2 Å². The second kappa shape index (κ2) is 6.70. The lowest BCUT2D eigenvalue weighted by atomic mass is 9.54. The van der Waals surface area contributed by atoms with Crippen LogP contribution in [0.3, 0.4) is 0 Å². The molecule has 1 aliphatic heterocycles. The molecular weight excluding hydrogens is 364 g/mol. The minimum Gasteiger partial charge on any atom is -0.479 e. The molecular formula is C20H24N2O6. The van der Waals surface area contributed by atoms with Gasteiger partial charge in [-0.15, -0.1) is 0 Å². The van der Waals surface area contributed by atoms with Gasteiger partial charge in [0.1, 0.15) is 12.1 Å². The Morgan fingerprint density at radius 1 is 1.25 bits per heavy atom. The molecule has 1 saturated carbocycles. The monoisotopic (exact) mass is 388 g/mol. The van der Waals surface area contributed by atoms with E-state index >= 15 is 0 Å². The lowest BCUT2D eigenvalue weighted by Gasteiger charge is -2.58. The zero-order valence-electron chi connectivity index (χ0n) is 16.4. The molecule has 0 aromatic heterocycles. The Balaban J connectivity index is 1.76. The maximum absolute atomic E-state index is 12.6. The fraction of sp³-hybridized carbons (Fsp3) is 0.500. The number of carboxylic acid groups (broad SMARTS) is 1. The van der Waals surface area contributed by atoms with E-state index in [0.717, 1.165) is 10.5 Å². The Bertz CT molecular complexity index is 877. The minimum atomic E-state index is -1.51. The molecule has 8 heteroatoms. The molecule has 1 aliphatic carbocycles. The first-order valence-corrected chi connectivity index (χ1v) is 9.18. The average molecular weight is 388 g/mol.